The maximum atomic E-state index is 12.8. The number of halogens is 1. The smallest absolute Gasteiger partial charge is 0.253 e. The van der Waals surface area contributed by atoms with Gasteiger partial charge >= 0.3 is 0 Å². The van der Waals surface area contributed by atoms with Crippen LogP contribution in [-0.2, 0) is 9.53 Å². The molecule has 4 rings (SSSR count). The molecule has 27 heavy (non-hydrogen) atoms. The average molecular weight is 384 g/mol. The number of ketones is 1. The number of nitrogens with one attached hydrogen (secondary N) is 1. The highest BCUT2D eigenvalue weighted by Crippen LogP contribution is 2.30. The van der Waals surface area contributed by atoms with Gasteiger partial charge in [0.15, 0.2) is 5.76 Å². The zero-order chi connectivity index (χ0) is 19.0. The molecular weight excluding hydrogens is 366 g/mol. The Hall–Kier alpha value is -2.63. The number of hydrogen-bond donors (Lipinski definition) is 1. The number of rotatable bonds is 4. The lowest BCUT2D eigenvalue weighted by molar-refractivity contribution is -0.124. The largest absolute Gasteiger partial charge is 0.452 e. The molecule has 1 aliphatic heterocycles. The number of anilines is 1. The molecule has 0 spiro atoms. The topological polar surface area (TPSA) is 68.5 Å². The molecule has 1 amide bonds. The van der Waals surface area contributed by atoms with Crippen LogP contribution in [0.1, 0.15) is 34.5 Å². The molecule has 1 aromatic heterocycles. The van der Waals surface area contributed by atoms with Gasteiger partial charge in [0.2, 0.25) is 5.78 Å². The first-order chi connectivity index (χ1) is 13.0. The zero-order valence-corrected chi connectivity index (χ0v) is 15.5. The van der Waals surface area contributed by atoms with Crippen LogP contribution in [0.2, 0.25) is 5.02 Å². The summed E-state index contributed by atoms with van der Waals surface area (Å²) in [7, 11) is 0. The van der Waals surface area contributed by atoms with E-state index in [1.165, 1.54) is 0 Å². The zero-order valence-electron chi connectivity index (χ0n) is 14.8. The second-order valence-corrected chi connectivity index (χ2v) is 7.03. The van der Waals surface area contributed by atoms with Crippen LogP contribution in [0.5, 0.6) is 0 Å². The summed E-state index contributed by atoms with van der Waals surface area (Å²) in [5, 5.41) is 4.25. The minimum atomic E-state index is -0.402. The molecular formula is C21H18ClNO4. The van der Waals surface area contributed by atoms with E-state index in [0.29, 0.717) is 28.5 Å². The van der Waals surface area contributed by atoms with Crippen LogP contribution in [-0.4, -0.2) is 24.4 Å². The number of furan rings is 1. The molecule has 1 atom stereocenters. The fourth-order valence-electron chi connectivity index (χ4n) is 3.26. The van der Waals surface area contributed by atoms with Crippen LogP contribution in [0.4, 0.5) is 5.69 Å². The monoisotopic (exact) mass is 383 g/mol. The van der Waals surface area contributed by atoms with E-state index in [-0.39, 0.29) is 17.5 Å². The molecule has 0 bridgehead atoms. The quantitative estimate of drug-likeness (QED) is 0.660. The summed E-state index contributed by atoms with van der Waals surface area (Å²) in [5.74, 6) is -0.0761. The van der Waals surface area contributed by atoms with Gasteiger partial charge in [0.05, 0.1) is 0 Å². The summed E-state index contributed by atoms with van der Waals surface area (Å²) < 4.78 is 11.2. The van der Waals surface area contributed by atoms with Gasteiger partial charge < -0.3 is 14.5 Å². The molecule has 1 unspecified atom stereocenters. The SMILES string of the molecule is Cc1c(C(=O)c2ccc(Cl)cc2)oc2cc(NC(=O)C3CCCO3)ccc12. The molecule has 2 heterocycles. The second kappa shape index (κ2) is 7.18. The molecule has 6 heteroatoms. The number of fused-ring (bicyclic) bond motifs is 1. The van der Waals surface area contributed by atoms with E-state index in [1.54, 1.807) is 36.4 Å². The first-order valence-corrected chi connectivity index (χ1v) is 9.16. The summed E-state index contributed by atoms with van der Waals surface area (Å²) >= 11 is 5.89. The number of aryl methyl sites for hydroxylation is 1. The van der Waals surface area contributed by atoms with E-state index >= 15 is 0 Å². The number of hydrogen-bond acceptors (Lipinski definition) is 4. The van der Waals surface area contributed by atoms with Gasteiger partial charge in [-0.25, -0.2) is 0 Å². The van der Waals surface area contributed by atoms with Crippen molar-refractivity contribution in [2.75, 3.05) is 11.9 Å². The van der Waals surface area contributed by atoms with Crippen molar-refractivity contribution in [2.45, 2.75) is 25.9 Å². The summed E-state index contributed by atoms with van der Waals surface area (Å²) in [6, 6.07) is 12.1. The van der Waals surface area contributed by atoms with Crippen molar-refractivity contribution >= 4 is 39.9 Å². The molecule has 2 aromatic carbocycles. The normalized spacial score (nSPS) is 16.6. The second-order valence-electron chi connectivity index (χ2n) is 6.59. The highest BCUT2D eigenvalue weighted by Gasteiger charge is 2.24. The minimum absolute atomic E-state index is 0.160. The van der Waals surface area contributed by atoms with Gasteiger partial charge in [-0.15, -0.1) is 0 Å². The lowest BCUT2D eigenvalue weighted by Crippen LogP contribution is -2.26. The van der Waals surface area contributed by atoms with Crippen molar-refractivity contribution in [3.05, 3.63) is 64.4 Å². The van der Waals surface area contributed by atoms with Crippen LogP contribution < -0.4 is 5.32 Å². The number of carbonyl (C=O) groups excluding carboxylic acids is 2. The summed E-state index contributed by atoms with van der Waals surface area (Å²) in [4.78, 5) is 25.0. The highest BCUT2D eigenvalue weighted by molar-refractivity contribution is 6.30. The van der Waals surface area contributed by atoms with Gasteiger partial charge in [-0.3, -0.25) is 9.59 Å². The fourth-order valence-corrected chi connectivity index (χ4v) is 3.39. The van der Waals surface area contributed by atoms with E-state index in [9.17, 15) is 9.59 Å². The number of carbonyl (C=O) groups is 2. The van der Waals surface area contributed by atoms with Crippen LogP contribution in [0.3, 0.4) is 0 Å². The Kier molecular flexibility index (Phi) is 4.72. The molecule has 1 N–H and O–H groups in total. The highest BCUT2D eigenvalue weighted by atomic mass is 35.5. The van der Waals surface area contributed by atoms with Crippen molar-refractivity contribution in [2.24, 2.45) is 0 Å². The Morgan fingerprint density at radius 3 is 2.63 bits per heavy atom. The molecule has 0 saturated carbocycles. The average Bonchev–Trinajstić information content (AvgIpc) is 3.30. The number of amides is 1. The maximum absolute atomic E-state index is 12.8. The van der Waals surface area contributed by atoms with Crippen LogP contribution in [0.15, 0.2) is 46.9 Å². The van der Waals surface area contributed by atoms with E-state index in [0.717, 1.165) is 23.8 Å². The Balaban J connectivity index is 1.62. The standard InChI is InChI=1S/C21H18ClNO4/c1-12-16-9-8-15(23-21(25)17-3-2-10-26-17)11-18(16)27-20(12)19(24)13-4-6-14(22)7-5-13/h4-9,11,17H,2-3,10H2,1H3,(H,23,25). The first-order valence-electron chi connectivity index (χ1n) is 8.79. The Bertz CT molecular complexity index is 1020. The van der Waals surface area contributed by atoms with E-state index in [4.69, 9.17) is 20.8 Å². The van der Waals surface area contributed by atoms with E-state index in [2.05, 4.69) is 5.32 Å². The lowest BCUT2D eigenvalue weighted by Gasteiger charge is -2.10. The van der Waals surface area contributed by atoms with Crippen molar-refractivity contribution in [1.82, 2.24) is 0 Å². The maximum Gasteiger partial charge on any atom is 0.253 e. The van der Waals surface area contributed by atoms with Crippen molar-refractivity contribution < 1.29 is 18.7 Å². The Morgan fingerprint density at radius 2 is 1.93 bits per heavy atom. The molecule has 0 radical (unpaired) electrons. The van der Waals surface area contributed by atoms with E-state index in [1.807, 2.05) is 13.0 Å². The summed E-state index contributed by atoms with van der Waals surface area (Å²) in [6.45, 7) is 2.46. The predicted molar refractivity (Wildman–Crippen MR) is 103 cm³/mol. The van der Waals surface area contributed by atoms with Gasteiger partial charge in [-0.2, -0.15) is 0 Å². The van der Waals surface area contributed by atoms with Crippen LogP contribution >= 0.6 is 11.6 Å². The predicted octanol–water partition coefficient (Wildman–Crippen LogP) is 4.74. The Labute approximate surface area is 161 Å². The molecule has 5 nitrogen and oxygen atoms in total. The third-order valence-corrected chi connectivity index (χ3v) is 4.99. The van der Waals surface area contributed by atoms with Crippen LogP contribution in [0, 0.1) is 6.92 Å². The third-order valence-electron chi connectivity index (χ3n) is 4.74. The number of benzene rings is 2. The van der Waals surface area contributed by atoms with Gasteiger partial charge in [0.1, 0.15) is 11.7 Å². The van der Waals surface area contributed by atoms with Crippen molar-refractivity contribution in [3.8, 4) is 0 Å². The fraction of sp³-hybridized carbons (Fsp3) is 0.238. The molecule has 1 saturated heterocycles. The molecule has 138 valence electrons. The van der Waals surface area contributed by atoms with Gasteiger partial charge in [-0.1, -0.05) is 11.6 Å². The third kappa shape index (κ3) is 3.48. The van der Waals surface area contributed by atoms with Gasteiger partial charge in [-0.05, 0) is 56.2 Å². The minimum Gasteiger partial charge on any atom is -0.452 e. The van der Waals surface area contributed by atoms with Crippen molar-refractivity contribution in [1.29, 1.82) is 0 Å². The van der Waals surface area contributed by atoms with Gasteiger partial charge in [0.25, 0.3) is 5.91 Å². The summed E-state index contributed by atoms with van der Waals surface area (Å²) in [6.07, 6.45) is 1.22. The summed E-state index contributed by atoms with van der Waals surface area (Å²) in [5.41, 5.74) is 2.44. The molecule has 0 aliphatic carbocycles. The molecule has 3 aromatic rings. The first kappa shape index (κ1) is 17.8. The molecule has 1 fully saturated rings. The van der Waals surface area contributed by atoms with Gasteiger partial charge in [0, 0.05) is 39.9 Å². The van der Waals surface area contributed by atoms with Crippen LogP contribution in [0.25, 0.3) is 11.0 Å². The van der Waals surface area contributed by atoms with Crippen molar-refractivity contribution in [3.63, 3.8) is 0 Å². The number of ether oxygens (including phenoxy) is 1. The Morgan fingerprint density at radius 1 is 1.15 bits per heavy atom. The molecule has 1 aliphatic rings. The lowest BCUT2D eigenvalue weighted by atomic mass is 10.0. The van der Waals surface area contributed by atoms with E-state index < -0.39 is 6.10 Å².